The number of rotatable bonds is 6. The van der Waals surface area contributed by atoms with E-state index in [-0.39, 0.29) is 35.5 Å². The first-order valence-corrected chi connectivity index (χ1v) is 13.4. The minimum absolute atomic E-state index is 0.00173. The Bertz CT molecular complexity index is 1350. The van der Waals surface area contributed by atoms with Crippen molar-refractivity contribution in [2.75, 3.05) is 31.1 Å². The highest BCUT2D eigenvalue weighted by molar-refractivity contribution is 7.89. The summed E-state index contributed by atoms with van der Waals surface area (Å²) in [6.45, 7) is 3.15. The minimum Gasteiger partial charge on any atom is -0.483 e. The van der Waals surface area contributed by atoms with Crippen molar-refractivity contribution in [1.82, 2.24) is 19.1 Å². The lowest BCUT2D eigenvalue weighted by Gasteiger charge is -2.35. The molecular formula is C25H29N5O4S. The predicted octanol–water partition coefficient (Wildman–Crippen LogP) is 2.77. The van der Waals surface area contributed by atoms with E-state index < -0.39 is 10.0 Å². The SMILES string of the molecule is Cc1cccnc1S(=O)(=O)N1CCN(c2cnn(-c3ccccc3)c(=O)c2OC2CCCC2)CC1. The molecule has 10 heteroatoms. The smallest absolute Gasteiger partial charge is 0.316 e. The van der Waals surface area contributed by atoms with Gasteiger partial charge in [-0.3, -0.25) is 4.79 Å². The molecule has 35 heavy (non-hydrogen) atoms. The van der Waals surface area contributed by atoms with E-state index in [1.165, 1.54) is 15.2 Å². The maximum Gasteiger partial charge on any atom is 0.316 e. The van der Waals surface area contributed by atoms with Gasteiger partial charge in [0.05, 0.1) is 18.0 Å². The Hall–Kier alpha value is -3.24. The van der Waals surface area contributed by atoms with Crippen molar-refractivity contribution in [2.24, 2.45) is 0 Å². The van der Waals surface area contributed by atoms with Crippen molar-refractivity contribution in [3.63, 3.8) is 0 Å². The lowest BCUT2D eigenvalue weighted by Crippen LogP contribution is -2.49. The van der Waals surface area contributed by atoms with Gasteiger partial charge in [0.15, 0.2) is 5.03 Å². The number of hydrogen-bond donors (Lipinski definition) is 0. The Morgan fingerprint density at radius 3 is 2.37 bits per heavy atom. The number of benzene rings is 1. The molecule has 3 aromatic rings. The molecule has 5 rings (SSSR count). The number of anilines is 1. The molecule has 0 unspecified atom stereocenters. The molecule has 1 aliphatic carbocycles. The molecule has 0 N–H and O–H groups in total. The minimum atomic E-state index is -3.70. The van der Waals surface area contributed by atoms with Gasteiger partial charge in [0.25, 0.3) is 10.0 Å². The number of piperazine rings is 1. The second-order valence-corrected chi connectivity index (χ2v) is 10.8. The van der Waals surface area contributed by atoms with E-state index in [4.69, 9.17) is 4.74 Å². The maximum absolute atomic E-state index is 13.5. The summed E-state index contributed by atoms with van der Waals surface area (Å²) in [6.07, 6.45) is 7.16. The first kappa shape index (κ1) is 23.5. The summed E-state index contributed by atoms with van der Waals surface area (Å²) in [5.41, 5.74) is 1.60. The average molecular weight is 496 g/mol. The number of aryl methyl sites for hydroxylation is 1. The summed E-state index contributed by atoms with van der Waals surface area (Å²) < 4.78 is 35.4. The molecule has 0 bridgehead atoms. The van der Waals surface area contributed by atoms with Crippen LogP contribution in [0.1, 0.15) is 31.2 Å². The second-order valence-electron chi connectivity index (χ2n) is 8.95. The molecule has 184 valence electrons. The summed E-state index contributed by atoms with van der Waals surface area (Å²) in [6, 6.07) is 12.7. The number of para-hydroxylation sites is 1. The summed E-state index contributed by atoms with van der Waals surface area (Å²) in [7, 11) is -3.70. The largest absolute Gasteiger partial charge is 0.483 e. The highest BCUT2D eigenvalue weighted by Gasteiger charge is 2.32. The molecule has 2 aromatic heterocycles. The van der Waals surface area contributed by atoms with Gasteiger partial charge >= 0.3 is 5.56 Å². The Labute approximate surface area is 205 Å². The summed E-state index contributed by atoms with van der Waals surface area (Å²) in [5.74, 6) is 0.285. The third-order valence-electron chi connectivity index (χ3n) is 6.63. The van der Waals surface area contributed by atoms with Crippen LogP contribution < -0.4 is 15.2 Å². The molecule has 0 spiro atoms. The van der Waals surface area contributed by atoms with Gasteiger partial charge in [-0.15, -0.1) is 0 Å². The molecule has 0 radical (unpaired) electrons. The average Bonchev–Trinajstić information content (AvgIpc) is 3.39. The van der Waals surface area contributed by atoms with E-state index in [9.17, 15) is 13.2 Å². The maximum atomic E-state index is 13.5. The van der Waals surface area contributed by atoms with E-state index in [1.807, 2.05) is 35.2 Å². The standard InChI is InChI=1S/C25H29N5O4S/c1-19-8-7-13-26-24(19)35(32,33)29-16-14-28(15-17-29)22-18-27-30(20-9-3-2-4-10-20)25(31)23(22)34-21-11-5-6-12-21/h2-4,7-10,13,18,21H,5-6,11-12,14-17H2,1H3. The first-order valence-electron chi connectivity index (χ1n) is 12.0. The molecule has 1 saturated heterocycles. The number of sulfonamides is 1. The Morgan fingerprint density at radius 1 is 0.971 bits per heavy atom. The van der Waals surface area contributed by atoms with Crippen LogP contribution in [0.4, 0.5) is 5.69 Å². The van der Waals surface area contributed by atoms with Crippen LogP contribution in [0.5, 0.6) is 5.75 Å². The van der Waals surface area contributed by atoms with Crippen LogP contribution in [0.25, 0.3) is 5.69 Å². The van der Waals surface area contributed by atoms with Crippen molar-refractivity contribution in [3.8, 4) is 11.4 Å². The molecule has 1 aromatic carbocycles. The van der Waals surface area contributed by atoms with Gasteiger partial charge in [-0.1, -0.05) is 24.3 Å². The Morgan fingerprint density at radius 2 is 1.69 bits per heavy atom. The van der Waals surface area contributed by atoms with Crippen molar-refractivity contribution in [2.45, 2.75) is 43.7 Å². The van der Waals surface area contributed by atoms with Crippen molar-refractivity contribution >= 4 is 15.7 Å². The van der Waals surface area contributed by atoms with E-state index in [1.54, 1.807) is 25.3 Å². The van der Waals surface area contributed by atoms with Crippen LogP contribution in [0.15, 0.2) is 64.7 Å². The molecule has 2 fully saturated rings. The zero-order valence-corrected chi connectivity index (χ0v) is 20.5. The lowest BCUT2D eigenvalue weighted by molar-refractivity contribution is 0.205. The fourth-order valence-corrected chi connectivity index (χ4v) is 6.28. The van der Waals surface area contributed by atoms with Gasteiger partial charge in [-0.25, -0.2) is 13.4 Å². The van der Waals surface area contributed by atoms with Gasteiger partial charge in [-0.05, 0) is 56.4 Å². The highest BCUT2D eigenvalue weighted by atomic mass is 32.2. The van der Waals surface area contributed by atoms with Crippen LogP contribution in [0.2, 0.25) is 0 Å². The van der Waals surface area contributed by atoms with Crippen molar-refractivity contribution < 1.29 is 13.2 Å². The fraction of sp³-hybridized carbons (Fsp3) is 0.400. The third-order valence-corrected chi connectivity index (χ3v) is 8.59. The predicted molar refractivity (Wildman–Crippen MR) is 133 cm³/mol. The van der Waals surface area contributed by atoms with E-state index in [0.717, 1.165) is 25.7 Å². The molecule has 0 amide bonds. The first-order chi connectivity index (χ1) is 16.9. The van der Waals surface area contributed by atoms with Gasteiger partial charge in [0, 0.05) is 32.4 Å². The molecule has 3 heterocycles. The van der Waals surface area contributed by atoms with Gasteiger partial charge in [0.2, 0.25) is 5.75 Å². The molecule has 0 atom stereocenters. The molecule has 9 nitrogen and oxygen atoms in total. The molecule has 1 aliphatic heterocycles. The zero-order valence-electron chi connectivity index (χ0n) is 19.7. The van der Waals surface area contributed by atoms with Crippen LogP contribution in [-0.4, -0.2) is 59.8 Å². The van der Waals surface area contributed by atoms with Crippen LogP contribution in [0, 0.1) is 6.92 Å². The van der Waals surface area contributed by atoms with E-state index in [0.29, 0.717) is 30.0 Å². The Balaban J connectivity index is 1.42. The number of hydrogen-bond acceptors (Lipinski definition) is 7. The van der Waals surface area contributed by atoms with Crippen LogP contribution in [-0.2, 0) is 10.0 Å². The van der Waals surface area contributed by atoms with Crippen LogP contribution >= 0.6 is 0 Å². The third kappa shape index (κ3) is 4.68. The van der Waals surface area contributed by atoms with E-state index in [2.05, 4.69) is 10.1 Å². The van der Waals surface area contributed by atoms with Crippen molar-refractivity contribution in [3.05, 3.63) is 70.8 Å². The lowest BCUT2D eigenvalue weighted by atomic mass is 10.2. The number of pyridine rings is 1. The monoisotopic (exact) mass is 495 g/mol. The number of aromatic nitrogens is 3. The second kappa shape index (κ2) is 9.79. The molecule has 2 aliphatic rings. The number of ether oxygens (including phenoxy) is 1. The van der Waals surface area contributed by atoms with Gasteiger partial charge in [0.1, 0.15) is 5.69 Å². The summed E-state index contributed by atoms with van der Waals surface area (Å²) in [4.78, 5) is 19.6. The Kier molecular flexibility index (Phi) is 6.57. The summed E-state index contributed by atoms with van der Waals surface area (Å²) >= 11 is 0. The van der Waals surface area contributed by atoms with Crippen molar-refractivity contribution in [1.29, 1.82) is 0 Å². The quantitative estimate of drug-likeness (QED) is 0.519. The van der Waals surface area contributed by atoms with E-state index >= 15 is 0 Å². The topological polar surface area (TPSA) is 97.6 Å². The zero-order chi connectivity index (χ0) is 24.4. The fourth-order valence-electron chi connectivity index (χ4n) is 4.72. The highest BCUT2D eigenvalue weighted by Crippen LogP contribution is 2.31. The normalized spacial score (nSPS) is 17.6. The van der Waals surface area contributed by atoms with Gasteiger partial charge < -0.3 is 9.64 Å². The molecular weight excluding hydrogens is 466 g/mol. The van der Waals surface area contributed by atoms with Crippen LogP contribution in [0.3, 0.4) is 0 Å². The number of nitrogens with zero attached hydrogens (tertiary/aromatic N) is 5. The van der Waals surface area contributed by atoms with Gasteiger partial charge in [-0.2, -0.15) is 14.1 Å². The molecule has 1 saturated carbocycles. The summed E-state index contributed by atoms with van der Waals surface area (Å²) in [5, 5.41) is 4.52.